The van der Waals surface area contributed by atoms with Gasteiger partial charge >= 0.3 is 0 Å². The average molecular weight is 319 g/mol. The van der Waals surface area contributed by atoms with Crippen molar-refractivity contribution >= 4 is 17.6 Å². The third-order valence-electron chi connectivity index (χ3n) is 3.26. The van der Waals surface area contributed by atoms with Crippen molar-refractivity contribution in [1.82, 2.24) is 9.97 Å². The molecule has 0 aliphatic rings. The van der Waals surface area contributed by atoms with Gasteiger partial charge in [0, 0.05) is 11.1 Å². The van der Waals surface area contributed by atoms with Gasteiger partial charge in [-0.2, -0.15) is 0 Å². The summed E-state index contributed by atoms with van der Waals surface area (Å²) >= 11 is 1.54. The van der Waals surface area contributed by atoms with Crippen LogP contribution in [-0.4, -0.2) is 24.2 Å². The molecule has 118 valence electrons. The van der Waals surface area contributed by atoms with Crippen LogP contribution in [0, 0.1) is 6.92 Å². The number of ether oxygens (including phenoxy) is 2. The fourth-order valence-electron chi connectivity index (χ4n) is 2.09. The number of benzene rings is 1. The molecule has 1 heterocycles. The molecule has 6 heteroatoms. The van der Waals surface area contributed by atoms with Gasteiger partial charge in [-0.1, -0.05) is 25.6 Å². The van der Waals surface area contributed by atoms with E-state index in [1.165, 1.54) is 5.56 Å². The molecule has 0 bridgehead atoms. The van der Waals surface area contributed by atoms with Gasteiger partial charge in [-0.15, -0.1) is 0 Å². The summed E-state index contributed by atoms with van der Waals surface area (Å²) in [5, 5.41) is 0. The molecule has 0 saturated heterocycles. The molecule has 2 aromatic rings. The van der Waals surface area contributed by atoms with Crippen LogP contribution in [0.3, 0.4) is 0 Å². The normalized spacial score (nSPS) is 10.8. The number of nitrogens with two attached hydrogens (primary N) is 1. The Kier molecular flexibility index (Phi) is 5.13. The van der Waals surface area contributed by atoms with Crippen LogP contribution in [-0.2, 0) is 0 Å². The minimum absolute atomic E-state index is 0.342. The predicted molar refractivity (Wildman–Crippen MR) is 88.9 cm³/mol. The van der Waals surface area contributed by atoms with E-state index < -0.39 is 0 Å². The molecule has 0 amide bonds. The quantitative estimate of drug-likeness (QED) is 0.907. The first-order chi connectivity index (χ1) is 10.5. The standard InChI is InChI=1S/C16H21N3O2S/c1-9(2)11-6-12(20-4)13(21-5)7-14(11)22-15-8-18-10(3)19-16(15)17/h6-9H,1-5H3,(H2,17,18,19). The van der Waals surface area contributed by atoms with E-state index in [1.807, 2.05) is 19.1 Å². The van der Waals surface area contributed by atoms with Crippen LogP contribution < -0.4 is 15.2 Å². The number of nitrogen functional groups attached to an aromatic ring is 1. The van der Waals surface area contributed by atoms with E-state index in [4.69, 9.17) is 15.2 Å². The van der Waals surface area contributed by atoms with Gasteiger partial charge in [-0.25, -0.2) is 9.97 Å². The fraction of sp³-hybridized carbons (Fsp3) is 0.375. The molecule has 0 saturated carbocycles. The zero-order valence-corrected chi connectivity index (χ0v) is 14.3. The van der Waals surface area contributed by atoms with Crippen LogP contribution in [0.4, 0.5) is 5.82 Å². The van der Waals surface area contributed by atoms with Crippen molar-refractivity contribution in [2.24, 2.45) is 0 Å². The molecule has 22 heavy (non-hydrogen) atoms. The van der Waals surface area contributed by atoms with Gasteiger partial charge in [-0.05, 0) is 30.5 Å². The van der Waals surface area contributed by atoms with Crippen LogP contribution in [0.15, 0.2) is 28.1 Å². The van der Waals surface area contributed by atoms with E-state index in [-0.39, 0.29) is 0 Å². The first-order valence-corrected chi connectivity index (χ1v) is 7.80. The molecule has 0 aliphatic carbocycles. The molecule has 0 aliphatic heterocycles. The highest BCUT2D eigenvalue weighted by Crippen LogP contribution is 2.41. The third kappa shape index (κ3) is 3.44. The Labute approximate surface area is 135 Å². The van der Waals surface area contributed by atoms with Gasteiger partial charge in [0.05, 0.1) is 19.1 Å². The lowest BCUT2D eigenvalue weighted by molar-refractivity contribution is 0.353. The van der Waals surface area contributed by atoms with E-state index in [0.717, 1.165) is 15.5 Å². The first-order valence-electron chi connectivity index (χ1n) is 6.99. The van der Waals surface area contributed by atoms with Gasteiger partial charge in [0.2, 0.25) is 0 Å². The third-order valence-corrected chi connectivity index (χ3v) is 4.37. The highest BCUT2D eigenvalue weighted by Gasteiger charge is 2.16. The Morgan fingerprint density at radius 1 is 1.09 bits per heavy atom. The summed E-state index contributed by atoms with van der Waals surface area (Å²) in [5.41, 5.74) is 7.16. The number of methoxy groups -OCH3 is 2. The summed E-state index contributed by atoms with van der Waals surface area (Å²) in [4.78, 5) is 10.3. The zero-order chi connectivity index (χ0) is 16.3. The maximum Gasteiger partial charge on any atom is 0.161 e. The second kappa shape index (κ2) is 6.87. The SMILES string of the molecule is COc1cc(Sc2cnc(C)nc2N)c(C(C)C)cc1OC. The topological polar surface area (TPSA) is 70.3 Å². The molecular formula is C16H21N3O2S. The molecule has 0 unspecified atom stereocenters. The number of hydrogen-bond acceptors (Lipinski definition) is 6. The molecule has 1 aromatic carbocycles. The minimum atomic E-state index is 0.342. The predicted octanol–water partition coefficient (Wildman–Crippen LogP) is 3.66. The molecule has 0 spiro atoms. The van der Waals surface area contributed by atoms with Crippen molar-refractivity contribution in [2.45, 2.75) is 36.5 Å². The lowest BCUT2D eigenvalue weighted by atomic mass is 10.0. The first kappa shape index (κ1) is 16.4. The maximum atomic E-state index is 5.99. The van der Waals surface area contributed by atoms with E-state index in [9.17, 15) is 0 Å². The molecule has 0 atom stereocenters. The minimum Gasteiger partial charge on any atom is -0.493 e. The average Bonchev–Trinajstić information content (AvgIpc) is 2.49. The largest absolute Gasteiger partial charge is 0.493 e. The van der Waals surface area contributed by atoms with Crippen molar-refractivity contribution in [3.05, 3.63) is 29.7 Å². The molecule has 0 fully saturated rings. The van der Waals surface area contributed by atoms with Gasteiger partial charge < -0.3 is 15.2 Å². The summed E-state index contributed by atoms with van der Waals surface area (Å²) in [5.74, 6) is 2.92. The molecule has 2 N–H and O–H groups in total. The van der Waals surface area contributed by atoms with Crippen molar-refractivity contribution in [3.63, 3.8) is 0 Å². The molecule has 0 radical (unpaired) electrons. The summed E-state index contributed by atoms with van der Waals surface area (Å²) in [6.07, 6.45) is 1.75. The smallest absolute Gasteiger partial charge is 0.161 e. The monoisotopic (exact) mass is 319 g/mol. The molecule has 2 rings (SSSR count). The highest BCUT2D eigenvalue weighted by atomic mass is 32.2. The van der Waals surface area contributed by atoms with Crippen LogP contribution >= 0.6 is 11.8 Å². The van der Waals surface area contributed by atoms with Gasteiger partial charge in [0.25, 0.3) is 0 Å². The van der Waals surface area contributed by atoms with Crippen molar-refractivity contribution in [2.75, 3.05) is 20.0 Å². The Hall–Kier alpha value is -1.95. The van der Waals surface area contributed by atoms with Crippen LogP contribution in [0.25, 0.3) is 0 Å². The second-order valence-corrected chi connectivity index (χ2v) is 6.25. The lowest BCUT2D eigenvalue weighted by Gasteiger charge is -2.17. The van der Waals surface area contributed by atoms with Crippen LogP contribution in [0.1, 0.15) is 31.2 Å². The van der Waals surface area contributed by atoms with Crippen LogP contribution in [0.5, 0.6) is 11.5 Å². The number of nitrogens with zero attached hydrogens (tertiary/aromatic N) is 2. The van der Waals surface area contributed by atoms with Crippen LogP contribution in [0.2, 0.25) is 0 Å². The Morgan fingerprint density at radius 3 is 2.27 bits per heavy atom. The number of aryl methyl sites for hydroxylation is 1. The van der Waals surface area contributed by atoms with Crippen molar-refractivity contribution < 1.29 is 9.47 Å². The van der Waals surface area contributed by atoms with E-state index in [2.05, 4.69) is 23.8 Å². The molecule has 5 nitrogen and oxygen atoms in total. The van der Waals surface area contributed by atoms with E-state index >= 15 is 0 Å². The number of rotatable bonds is 5. The Morgan fingerprint density at radius 2 is 1.73 bits per heavy atom. The second-order valence-electron chi connectivity index (χ2n) is 5.17. The summed E-state index contributed by atoms with van der Waals surface area (Å²) in [6.45, 7) is 6.10. The summed E-state index contributed by atoms with van der Waals surface area (Å²) in [7, 11) is 3.27. The zero-order valence-electron chi connectivity index (χ0n) is 13.5. The number of hydrogen-bond donors (Lipinski definition) is 1. The fourth-order valence-corrected chi connectivity index (χ4v) is 3.16. The van der Waals surface area contributed by atoms with Crippen molar-refractivity contribution in [3.8, 4) is 11.5 Å². The number of aromatic nitrogens is 2. The maximum absolute atomic E-state index is 5.99. The van der Waals surface area contributed by atoms with Gasteiger partial charge in [0.15, 0.2) is 11.5 Å². The van der Waals surface area contributed by atoms with Crippen molar-refractivity contribution in [1.29, 1.82) is 0 Å². The summed E-state index contributed by atoms with van der Waals surface area (Å²) in [6, 6.07) is 3.98. The van der Waals surface area contributed by atoms with E-state index in [0.29, 0.717) is 23.3 Å². The lowest BCUT2D eigenvalue weighted by Crippen LogP contribution is -1.99. The highest BCUT2D eigenvalue weighted by molar-refractivity contribution is 7.99. The van der Waals surface area contributed by atoms with Gasteiger partial charge in [-0.3, -0.25) is 0 Å². The summed E-state index contributed by atoms with van der Waals surface area (Å²) < 4.78 is 10.8. The van der Waals surface area contributed by atoms with E-state index in [1.54, 1.807) is 32.2 Å². The molecular weight excluding hydrogens is 298 g/mol. The Balaban J connectivity index is 2.48. The Bertz CT molecular complexity index is 675. The molecule has 1 aromatic heterocycles. The van der Waals surface area contributed by atoms with Gasteiger partial charge in [0.1, 0.15) is 11.6 Å². The number of anilines is 1.